The average Bonchev–Trinajstić information content (AvgIpc) is 3.05. The molecule has 4 rings (SSSR count). The lowest BCUT2D eigenvalue weighted by molar-refractivity contribution is -0.143. The van der Waals surface area contributed by atoms with Crippen LogP contribution in [0.2, 0.25) is 0 Å². The molecule has 0 saturated carbocycles. The summed E-state index contributed by atoms with van der Waals surface area (Å²) in [6.07, 6.45) is 6.95. The van der Waals surface area contributed by atoms with Crippen LogP contribution >= 0.6 is 0 Å². The normalized spacial score (nSPS) is 11.7. The van der Waals surface area contributed by atoms with E-state index < -0.39 is 6.04 Å². The second kappa shape index (κ2) is 15.3. The molecule has 1 unspecified atom stereocenters. The van der Waals surface area contributed by atoms with Crippen molar-refractivity contribution in [1.29, 1.82) is 0 Å². The number of benzene rings is 2. The number of likely N-dealkylation sites (N-methyl/N-ethyl adjacent to an activating group) is 1. The maximum atomic E-state index is 13.9. The largest absolute Gasteiger partial charge is 0.481 e. The molecular weight excluding hydrogens is 528 g/mol. The Morgan fingerprint density at radius 1 is 0.881 bits per heavy atom. The fourth-order valence-corrected chi connectivity index (χ4v) is 4.49. The first-order valence-electron chi connectivity index (χ1n) is 13.8. The number of hydrogen-bond donors (Lipinski definition) is 0. The predicted octanol–water partition coefficient (Wildman–Crippen LogP) is 4.91. The van der Waals surface area contributed by atoms with Crippen molar-refractivity contribution in [3.8, 4) is 17.1 Å². The number of methoxy groups -OCH3 is 2. The highest BCUT2D eigenvalue weighted by atomic mass is 16.5. The van der Waals surface area contributed by atoms with E-state index in [-0.39, 0.29) is 18.4 Å². The highest BCUT2D eigenvalue weighted by Crippen LogP contribution is 2.21. The van der Waals surface area contributed by atoms with Gasteiger partial charge in [0.25, 0.3) is 0 Å². The van der Waals surface area contributed by atoms with Gasteiger partial charge in [-0.3, -0.25) is 14.6 Å². The summed E-state index contributed by atoms with van der Waals surface area (Å²) in [6, 6.07) is 26.2. The predicted molar refractivity (Wildman–Crippen MR) is 163 cm³/mol. The van der Waals surface area contributed by atoms with Gasteiger partial charge in [0.15, 0.2) is 0 Å². The van der Waals surface area contributed by atoms with Gasteiger partial charge in [-0.1, -0.05) is 60.7 Å². The third-order valence-corrected chi connectivity index (χ3v) is 6.88. The Labute approximate surface area is 247 Å². The maximum absolute atomic E-state index is 13.9. The van der Waals surface area contributed by atoms with E-state index in [0.717, 1.165) is 27.9 Å². The van der Waals surface area contributed by atoms with Crippen LogP contribution in [0.4, 0.5) is 0 Å². The fourth-order valence-electron chi connectivity index (χ4n) is 4.49. The van der Waals surface area contributed by atoms with Gasteiger partial charge in [0.05, 0.1) is 19.4 Å². The van der Waals surface area contributed by atoms with Gasteiger partial charge < -0.3 is 19.3 Å². The zero-order valence-corrected chi connectivity index (χ0v) is 24.2. The summed E-state index contributed by atoms with van der Waals surface area (Å²) in [5, 5.41) is 0. The van der Waals surface area contributed by atoms with Crippen molar-refractivity contribution in [2.75, 3.05) is 34.4 Å². The third-order valence-electron chi connectivity index (χ3n) is 6.88. The molecule has 0 N–H and O–H groups in total. The van der Waals surface area contributed by atoms with Crippen LogP contribution in [-0.4, -0.2) is 72.0 Å². The maximum Gasteiger partial charge on any atom is 0.247 e. The monoisotopic (exact) mass is 564 g/mol. The number of nitrogens with zero attached hydrogens (tertiary/aromatic N) is 4. The number of carbonyl (C=O) groups excluding carboxylic acids is 2. The molecule has 42 heavy (non-hydrogen) atoms. The molecule has 0 aliphatic rings. The summed E-state index contributed by atoms with van der Waals surface area (Å²) >= 11 is 0. The number of aromatic nitrogens is 2. The van der Waals surface area contributed by atoms with Gasteiger partial charge >= 0.3 is 0 Å². The van der Waals surface area contributed by atoms with Gasteiger partial charge in [0.2, 0.25) is 17.7 Å². The van der Waals surface area contributed by atoms with Crippen LogP contribution in [0, 0.1) is 0 Å². The fraction of sp³-hybridized carbons (Fsp3) is 0.235. The van der Waals surface area contributed by atoms with Crippen LogP contribution in [0.5, 0.6) is 5.88 Å². The van der Waals surface area contributed by atoms with Crippen molar-refractivity contribution >= 4 is 17.9 Å². The van der Waals surface area contributed by atoms with Crippen LogP contribution in [-0.2, 0) is 27.3 Å². The van der Waals surface area contributed by atoms with Crippen LogP contribution in [0.25, 0.3) is 17.3 Å². The minimum absolute atomic E-state index is 0.158. The molecule has 2 amide bonds. The number of amides is 2. The number of pyridine rings is 2. The van der Waals surface area contributed by atoms with Crippen molar-refractivity contribution < 1.29 is 19.1 Å². The topological polar surface area (TPSA) is 84.9 Å². The van der Waals surface area contributed by atoms with Gasteiger partial charge in [-0.25, -0.2) is 4.98 Å². The van der Waals surface area contributed by atoms with Gasteiger partial charge in [-0.05, 0) is 41.0 Å². The minimum atomic E-state index is -0.740. The molecule has 2 aromatic carbocycles. The standard InChI is InChI=1S/C34H36N4O4/c1-37(21-22-41-2)34(40)31(23-26-9-5-4-6-10-26)38(33(39)19-15-27-14-18-32(42-3)36-24-27)25-28-12-16-29(17-13-28)30-11-7-8-20-35-30/h4-20,24,31H,21-23,25H2,1-3H3. The lowest BCUT2D eigenvalue weighted by Crippen LogP contribution is -2.51. The average molecular weight is 565 g/mol. The first-order valence-corrected chi connectivity index (χ1v) is 13.8. The second-order valence-electron chi connectivity index (χ2n) is 9.80. The zero-order chi connectivity index (χ0) is 29.7. The highest BCUT2D eigenvalue weighted by molar-refractivity contribution is 5.95. The number of ether oxygens (including phenoxy) is 2. The summed E-state index contributed by atoms with van der Waals surface area (Å²) in [5.41, 5.74) is 4.44. The molecule has 1 atom stereocenters. The molecular formula is C34H36N4O4. The molecule has 2 aromatic heterocycles. The van der Waals surface area contributed by atoms with Crippen molar-refractivity contribution in [1.82, 2.24) is 19.8 Å². The molecule has 216 valence electrons. The summed E-state index contributed by atoms with van der Waals surface area (Å²) in [7, 11) is 4.89. The Balaban J connectivity index is 1.67. The number of carbonyl (C=O) groups is 2. The molecule has 8 heteroatoms. The summed E-state index contributed by atoms with van der Waals surface area (Å²) in [5.74, 6) is 0.0461. The zero-order valence-electron chi connectivity index (χ0n) is 24.2. The van der Waals surface area contributed by atoms with Gasteiger partial charge in [-0.15, -0.1) is 0 Å². The quantitative estimate of drug-likeness (QED) is 0.215. The highest BCUT2D eigenvalue weighted by Gasteiger charge is 2.31. The van der Waals surface area contributed by atoms with Crippen LogP contribution in [0.3, 0.4) is 0 Å². The van der Waals surface area contributed by atoms with E-state index in [1.807, 2.05) is 78.9 Å². The number of hydrogen-bond acceptors (Lipinski definition) is 6. The lowest BCUT2D eigenvalue weighted by atomic mass is 10.0. The molecule has 0 aliphatic carbocycles. The van der Waals surface area contributed by atoms with Crippen LogP contribution < -0.4 is 4.74 Å². The van der Waals surface area contributed by atoms with Gasteiger partial charge in [0, 0.05) is 63.8 Å². The van der Waals surface area contributed by atoms with E-state index in [4.69, 9.17) is 9.47 Å². The Morgan fingerprint density at radius 3 is 2.29 bits per heavy atom. The van der Waals surface area contributed by atoms with Crippen molar-refractivity contribution in [2.45, 2.75) is 19.0 Å². The Morgan fingerprint density at radius 2 is 1.64 bits per heavy atom. The third kappa shape index (κ3) is 8.34. The molecule has 0 radical (unpaired) electrons. The Kier molecular flexibility index (Phi) is 10.9. The van der Waals surface area contributed by atoms with Crippen molar-refractivity contribution in [2.24, 2.45) is 0 Å². The van der Waals surface area contributed by atoms with Crippen molar-refractivity contribution in [3.05, 3.63) is 120 Å². The van der Waals surface area contributed by atoms with E-state index in [0.29, 0.717) is 25.5 Å². The minimum Gasteiger partial charge on any atom is -0.481 e. The number of rotatable bonds is 13. The van der Waals surface area contributed by atoms with Gasteiger partial charge in [-0.2, -0.15) is 0 Å². The lowest BCUT2D eigenvalue weighted by Gasteiger charge is -2.33. The summed E-state index contributed by atoms with van der Waals surface area (Å²) in [4.78, 5) is 39.7. The summed E-state index contributed by atoms with van der Waals surface area (Å²) in [6.45, 7) is 1.05. The Hall–Kier alpha value is -4.82. The smallest absolute Gasteiger partial charge is 0.247 e. The van der Waals surface area contributed by atoms with Crippen LogP contribution in [0.1, 0.15) is 16.7 Å². The summed E-state index contributed by atoms with van der Waals surface area (Å²) < 4.78 is 10.3. The first kappa shape index (κ1) is 30.1. The second-order valence-corrected chi connectivity index (χ2v) is 9.80. The molecule has 0 fully saturated rings. The van der Waals surface area contributed by atoms with Crippen LogP contribution in [0.15, 0.2) is 103 Å². The van der Waals surface area contributed by atoms with E-state index in [1.165, 1.54) is 6.08 Å². The SMILES string of the molecule is COCCN(C)C(=O)C(Cc1ccccc1)N(Cc1ccc(-c2ccccn2)cc1)C(=O)C=Cc1ccc(OC)nc1. The van der Waals surface area contributed by atoms with E-state index in [1.54, 1.807) is 55.6 Å². The molecule has 8 nitrogen and oxygen atoms in total. The molecule has 2 heterocycles. The molecule has 0 spiro atoms. The van der Waals surface area contributed by atoms with E-state index >= 15 is 0 Å². The molecule has 0 aliphatic heterocycles. The van der Waals surface area contributed by atoms with E-state index in [2.05, 4.69) is 9.97 Å². The van der Waals surface area contributed by atoms with Crippen molar-refractivity contribution in [3.63, 3.8) is 0 Å². The van der Waals surface area contributed by atoms with E-state index in [9.17, 15) is 9.59 Å². The van der Waals surface area contributed by atoms with Gasteiger partial charge in [0.1, 0.15) is 6.04 Å². The first-order chi connectivity index (χ1) is 20.5. The Bertz CT molecular complexity index is 1440. The molecule has 0 bridgehead atoms. The molecule has 4 aromatic rings. The molecule has 0 saturated heterocycles.